The minimum Gasteiger partial charge on any atom is -0.409 e. The third-order valence-corrected chi connectivity index (χ3v) is 2.74. The zero-order valence-electron chi connectivity index (χ0n) is 9.19. The van der Waals surface area contributed by atoms with Crippen LogP contribution >= 0.6 is 0 Å². The third-order valence-electron chi connectivity index (χ3n) is 2.74. The van der Waals surface area contributed by atoms with E-state index in [2.05, 4.69) is 5.16 Å². The van der Waals surface area contributed by atoms with Crippen molar-refractivity contribution in [3.63, 3.8) is 0 Å². The van der Waals surface area contributed by atoms with Crippen LogP contribution in [0.25, 0.3) is 0 Å². The van der Waals surface area contributed by atoms with Gasteiger partial charge >= 0.3 is 6.18 Å². The van der Waals surface area contributed by atoms with Crippen LogP contribution in [0.15, 0.2) is 5.16 Å². The van der Waals surface area contributed by atoms with Gasteiger partial charge in [-0.25, -0.2) is 0 Å². The number of hydrogen-bond acceptors (Lipinski definition) is 4. The van der Waals surface area contributed by atoms with Crippen molar-refractivity contribution in [2.75, 3.05) is 19.7 Å². The van der Waals surface area contributed by atoms with Crippen molar-refractivity contribution in [1.82, 2.24) is 4.90 Å². The molecular formula is C9H16F3N3O2. The van der Waals surface area contributed by atoms with Crippen molar-refractivity contribution in [2.24, 2.45) is 16.8 Å². The zero-order chi connectivity index (χ0) is 13.1. The summed E-state index contributed by atoms with van der Waals surface area (Å²) in [5.74, 6) is -2.85. The molecule has 0 bridgehead atoms. The average molecular weight is 255 g/mol. The molecule has 0 amide bonds. The fraction of sp³-hybridized carbons (Fsp3) is 0.889. The fourth-order valence-corrected chi connectivity index (χ4v) is 1.66. The van der Waals surface area contributed by atoms with E-state index in [9.17, 15) is 13.2 Å². The molecule has 0 aromatic rings. The Morgan fingerprint density at radius 3 is 2.41 bits per heavy atom. The van der Waals surface area contributed by atoms with Crippen LogP contribution in [0, 0.1) is 5.92 Å². The Kier molecular flexibility index (Phi) is 4.58. The Hall–Kier alpha value is -1.02. The van der Waals surface area contributed by atoms with Crippen LogP contribution in [-0.2, 0) is 0 Å². The number of halogens is 3. The molecular weight excluding hydrogens is 239 g/mol. The smallest absolute Gasteiger partial charge is 0.400 e. The van der Waals surface area contributed by atoms with Gasteiger partial charge in [-0.05, 0) is 12.8 Å². The van der Waals surface area contributed by atoms with E-state index in [4.69, 9.17) is 16.0 Å². The maximum absolute atomic E-state index is 12.7. The van der Waals surface area contributed by atoms with E-state index >= 15 is 0 Å². The predicted octanol–water partition coefficient (Wildman–Crippen LogP) is 0.368. The lowest BCUT2D eigenvalue weighted by Gasteiger charge is -2.27. The maximum atomic E-state index is 12.7. The van der Waals surface area contributed by atoms with Crippen molar-refractivity contribution in [2.45, 2.75) is 25.1 Å². The summed E-state index contributed by atoms with van der Waals surface area (Å²) in [4.78, 5) is 1.52. The fourth-order valence-electron chi connectivity index (χ4n) is 1.66. The van der Waals surface area contributed by atoms with Gasteiger partial charge in [-0.1, -0.05) is 5.16 Å². The van der Waals surface area contributed by atoms with Gasteiger partial charge in [0.2, 0.25) is 0 Å². The van der Waals surface area contributed by atoms with Crippen LogP contribution in [0.2, 0.25) is 0 Å². The van der Waals surface area contributed by atoms with Crippen molar-refractivity contribution in [1.29, 1.82) is 0 Å². The number of alkyl halides is 3. The molecule has 0 aromatic carbocycles. The zero-order valence-corrected chi connectivity index (χ0v) is 9.19. The number of nitrogens with two attached hydrogens (primary N) is 1. The van der Waals surface area contributed by atoms with Gasteiger partial charge in [0.15, 0.2) is 5.84 Å². The van der Waals surface area contributed by atoms with Crippen LogP contribution in [-0.4, -0.2) is 53.0 Å². The first-order chi connectivity index (χ1) is 7.90. The molecule has 0 radical (unpaired) electrons. The number of amidine groups is 1. The molecule has 100 valence electrons. The molecule has 1 atom stereocenters. The van der Waals surface area contributed by atoms with Crippen LogP contribution in [0.5, 0.6) is 0 Å². The Morgan fingerprint density at radius 2 is 2.06 bits per heavy atom. The summed E-state index contributed by atoms with van der Waals surface area (Å²) in [5, 5.41) is 19.6. The highest BCUT2D eigenvalue weighted by molar-refractivity contribution is 5.83. The molecule has 17 heavy (non-hydrogen) atoms. The molecule has 0 aliphatic heterocycles. The summed E-state index contributed by atoms with van der Waals surface area (Å²) in [6, 6.07) is 0.0680. The molecule has 8 heteroatoms. The molecule has 1 saturated carbocycles. The first-order valence-corrected chi connectivity index (χ1v) is 5.29. The summed E-state index contributed by atoms with van der Waals surface area (Å²) >= 11 is 0. The molecule has 0 aromatic heterocycles. The number of rotatable bonds is 6. The van der Waals surface area contributed by atoms with Gasteiger partial charge in [0, 0.05) is 19.1 Å². The SMILES string of the molecule is NC(=NO)C(CN(CCO)C1CC1)C(F)(F)F. The van der Waals surface area contributed by atoms with E-state index in [1.165, 1.54) is 4.90 Å². The summed E-state index contributed by atoms with van der Waals surface area (Å²) in [6.07, 6.45) is -2.92. The van der Waals surface area contributed by atoms with Crippen LogP contribution in [0.4, 0.5) is 13.2 Å². The van der Waals surface area contributed by atoms with Gasteiger partial charge in [0.25, 0.3) is 0 Å². The first-order valence-electron chi connectivity index (χ1n) is 5.29. The van der Waals surface area contributed by atoms with E-state index < -0.39 is 17.9 Å². The second-order valence-corrected chi connectivity index (χ2v) is 4.07. The molecule has 1 fully saturated rings. The number of aliphatic hydroxyl groups is 1. The van der Waals surface area contributed by atoms with Gasteiger partial charge in [0.1, 0.15) is 5.92 Å². The molecule has 4 N–H and O–H groups in total. The Morgan fingerprint density at radius 1 is 1.47 bits per heavy atom. The highest BCUT2D eigenvalue weighted by atomic mass is 19.4. The molecule has 0 heterocycles. The largest absolute Gasteiger partial charge is 0.409 e. The van der Waals surface area contributed by atoms with E-state index in [1.54, 1.807) is 0 Å². The topological polar surface area (TPSA) is 82.1 Å². The lowest BCUT2D eigenvalue weighted by Crippen LogP contribution is -2.45. The predicted molar refractivity (Wildman–Crippen MR) is 54.6 cm³/mol. The standard InChI is InChI=1S/C9H16F3N3O2/c10-9(11,12)7(8(13)14-17)5-15(3-4-16)6-1-2-6/h6-7,16-17H,1-5H2,(H2,13,14). The highest BCUT2D eigenvalue weighted by Crippen LogP contribution is 2.32. The van der Waals surface area contributed by atoms with Gasteiger partial charge in [-0.3, -0.25) is 4.90 Å². The molecule has 5 nitrogen and oxygen atoms in total. The maximum Gasteiger partial charge on any atom is 0.400 e. The van der Waals surface area contributed by atoms with E-state index in [-0.39, 0.29) is 25.7 Å². The number of oxime groups is 1. The number of hydrogen-bond donors (Lipinski definition) is 3. The molecule has 1 aliphatic carbocycles. The number of nitrogens with zero attached hydrogens (tertiary/aromatic N) is 2. The normalized spacial score (nSPS) is 19.7. The van der Waals surface area contributed by atoms with Gasteiger partial charge in [-0.15, -0.1) is 0 Å². The second kappa shape index (κ2) is 5.54. The molecule has 1 unspecified atom stereocenters. The van der Waals surface area contributed by atoms with E-state index in [0.717, 1.165) is 12.8 Å². The molecule has 1 aliphatic rings. The second-order valence-electron chi connectivity index (χ2n) is 4.07. The van der Waals surface area contributed by atoms with Crippen molar-refractivity contribution >= 4 is 5.84 Å². The highest BCUT2D eigenvalue weighted by Gasteiger charge is 2.45. The van der Waals surface area contributed by atoms with Gasteiger partial charge < -0.3 is 16.0 Å². The van der Waals surface area contributed by atoms with Gasteiger partial charge in [-0.2, -0.15) is 13.2 Å². The van der Waals surface area contributed by atoms with E-state index in [1.807, 2.05) is 0 Å². The third kappa shape index (κ3) is 4.04. The van der Waals surface area contributed by atoms with Crippen LogP contribution in [0.1, 0.15) is 12.8 Å². The molecule has 0 spiro atoms. The summed E-state index contributed by atoms with van der Waals surface area (Å²) in [5.41, 5.74) is 5.06. The quantitative estimate of drug-likeness (QED) is 0.277. The van der Waals surface area contributed by atoms with Crippen molar-refractivity contribution in [3.8, 4) is 0 Å². The minimum absolute atomic E-state index is 0.0680. The summed E-state index contributed by atoms with van der Waals surface area (Å²) < 4.78 is 38.0. The monoisotopic (exact) mass is 255 g/mol. The first kappa shape index (κ1) is 14.0. The minimum atomic E-state index is -4.56. The van der Waals surface area contributed by atoms with E-state index in [0.29, 0.717) is 0 Å². The average Bonchev–Trinajstić information content (AvgIpc) is 3.05. The van der Waals surface area contributed by atoms with Crippen LogP contribution < -0.4 is 5.73 Å². The van der Waals surface area contributed by atoms with Crippen molar-refractivity contribution < 1.29 is 23.5 Å². The summed E-state index contributed by atoms with van der Waals surface area (Å²) in [7, 11) is 0. The lowest BCUT2D eigenvalue weighted by molar-refractivity contribution is -0.160. The van der Waals surface area contributed by atoms with Gasteiger partial charge in [0.05, 0.1) is 6.61 Å². The lowest BCUT2D eigenvalue weighted by atomic mass is 10.1. The number of aliphatic hydroxyl groups excluding tert-OH is 1. The Labute approximate surface area is 96.7 Å². The van der Waals surface area contributed by atoms with Crippen molar-refractivity contribution in [3.05, 3.63) is 0 Å². The van der Waals surface area contributed by atoms with Crippen LogP contribution in [0.3, 0.4) is 0 Å². The molecule has 0 saturated heterocycles. The Balaban J connectivity index is 2.70. The Bertz CT molecular complexity index is 279. The molecule has 1 rings (SSSR count). The summed E-state index contributed by atoms with van der Waals surface area (Å²) in [6.45, 7) is -0.433.